The number of benzene rings is 1. The highest BCUT2D eigenvalue weighted by molar-refractivity contribution is 6.30. The third kappa shape index (κ3) is 3.33. The zero-order valence-electron chi connectivity index (χ0n) is 13.8. The van der Waals surface area contributed by atoms with Gasteiger partial charge in [-0.1, -0.05) is 23.7 Å². The molecule has 25 heavy (non-hydrogen) atoms. The van der Waals surface area contributed by atoms with Crippen LogP contribution in [0.4, 0.5) is 0 Å². The Hall–Kier alpha value is -2.53. The number of allylic oxidation sites excluding steroid dienone is 1. The lowest BCUT2D eigenvalue weighted by Gasteiger charge is -2.19. The second kappa shape index (κ2) is 7.15. The minimum Gasteiger partial charge on any atom is -0.485 e. The Balaban J connectivity index is 2.05. The van der Waals surface area contributed by atoms with E-state index < -0.39 is 18.0 Å². The molecule has 3 rings (SSSR count). The second-order valence-corrected chi connectivity index (χ2v) is 6.04. The number of ketones is 1. The van der Waals surface area contributed by atoms with E-state index >= 15 is 0 Å². The molecule has 0 saturated heterocycles. The molecule has 2 heterocycles. The fraction of sp³-hybridized carbons (Fsp3) is 0.263. The SMILES string of the molecule is CCOC(=O)C1=C(C)O[C@@H](C(=O)c2ccco2)[C@@H]1c1cccc(Cl)c1. The predicted molar refractivity (Wildman–Crippen MR) is 91.4 cm³/mol. The van der Waals surface area contributed by atoms with Crippen molar-refractivity contribution in [3.05, 3.63) is 70.3 Å². The van der Waals surface area contributed by atoms with E-state index in [-0.39, 0.29) is 18.2 Å². The summed E-state index contributed by atoms with van der Waals surface area (Å²) in [7, 11) is 0. The number of hydrogen-bond acceptors (Lipinski definition) is 5. The fourth-order valence-corrected chi connectivity index (χ4v) is 3.18. The van der Waals surface area contributed by atoms with Crippen LogP contribution in [-0.2, 0) is 14.3 Å². The van der Waals surface area contributed by atoms with E-state index in [0.717, 1.165) is 0 Å². The number of rotatable bonds is 5. The van der Waals surface area contributed by atoms with Crippen LogP contribution in [0, 0.1) is 0 Å². The minimum atomic E-state index is -0.913. The van der Waals surface area contributed by atoms with Gasteiger partial charge in [-0.3, -0.25) is 4.79 Å². The highest BCUT2D eigenvalue weighted by Gasteiger charge is 2.45. The molecule has 1 aliphatic heterocycles. The van der Waals surface area contributed by atoms with Crippen LogP contribution in [0.5, 0.6) is 0 Å². The molecule has 5 nitrogen and oxygen atoms in total. The highest BCUT2D eigenvalue weighted by Crippen LogP contribution is 2.41. The van der Waals surface area contributed by atoms with Gasteiger partial charge in [-0.2, -0.15) is 0 Å². The van der Waals surface area contributed by atoms with Gasteiger partial charge < -0.3 is 13.9 Å². The van der Waals surface area contributed by atoms with E-state index in [1.54, 1.807) is 50.2 Å². The highest BCUT2D eigenvalue weighted by atomic mass is 35.5. The van der Waals surface area contributed by atoms with Gasteiger partial charge in [-0.25, -0.2) is 4.79 Å². The Kier molecular flexibility index (Phi) is 4.95. The molecule has 0 N–H and O–H groups in total. The van der Waals surface area contributed by atoms with Crippen molar-refractivity contribution in [2.45, 2.75) is 25.9 Å². The Morgan fingerprint density at radius 3 is 2.68 bits per heavy atom. The molecule has 0 bridgehead atoms. The van der Waals surface area contributed by atoms with Crippen LogP contribution < -0.4 is 0 Å². The van der Waals surface area contributed by atoms with E-state index in [9.17, 15) is 9.59 Å². The standard InChI is InChI=1S/C19H17ClO5/c1-3-23-19(22)15-11(2)25-18(17(21)14-8-5-9-24-14)16(15)12-6-4-7-13(20)10-12/h4-10,16,18H,3H2,1-2H3/t16-,18-/m1/s1. The first-order valence-electron chi connectivity index (χ1n) is 7.90. The van der Waals surface area contributed by atoms with Crippen LogP contribution in [0.25, 0.3) is 0 Å². The number of ether oxygens (including phenoxy) is 2. The van der Waals surface area contributed by atoms with Crippen molar-refractivity contribution in [1.29, 1.82) is 0 Å². The number of furan rings is 1. The van der Waals surface area contributed by atoms with E-state index in [1.807, 2.05) is 0 Å². The summed E-state index contributed by atoms with van der Waals surface area (Å²) in [6.45, 7) is 3.61. The van der Waals surface area contributed by atoms with Gasteiger partial charge in [-0.05, 0) is 43.7 Å². The van der Waals surface area contributed by atoms with Crippen molar-refractivity contribution in [2.75, 3.05) is 6.61 Å². The topological polar surface area (TPSA) is 65.7 Å². The number of halogens is 1. The lowest BCUT2D eigenvalue weighted by molar-refractivity contribution is -0.138. The van der Waals surface area contributed by atoms with Gasteiger partial charge in [0.25, 0.3) is 0 Å². The number of carbonyl (C=O) groups excluding carboxylic acids is 2. The second-order valence-electron chi connectivity index (χ2n) is 5.60. The minimum absolute atomic E-state index is 0.176. The molecule has 1 aromatic heterocycles. The molecule has 0 unspecified atom stereocenters. The van der Waals surface area contributed by atoms with Crippen molar-refractivity contribution in [3.8, 4) is 0 Å². The van der Waals surface area contributed by atoms with Gasteiger partial charge in [0.2, 0.25) is 5.78 Å². The number of carbonyl (C=O) groups is 2. The van der Waals surface area contributed by atoms with Crippen molar-refractivity contribution in [3.63, 3.8) is 0 Å². The van der Waals surface area contributed by atoms with E-state index in [2.05, 4.69) is 0 Å². The summed E-state index contributed by atoms with van der Waals surface area (Å²) in [5.41, 5.74) is 1.03. The molecular weight excluding hydrogens is 344 g/mol. The normalized spacial score (nSPS) is 19.6. The van der Waals surface area contributed by atoms with Crippen molar-refractivity contribution in [1.82, 2.24) is 0 Å². The van der Waals surface area contributed by atoms with Crippen molar-refractivity contribution in [2.24, 2.45) is 0 Å². The van der Waals surface area contributed by atoms with Crippen molar-refractivity contribution < 1.29 is 23.5 Å². The molecule has 2 atom stereocenters. The molecule has 0 amide bonds. The molecule has 0 spiro atoms. The average Bonchev–Trinajstić information content (AvgIpc) is 3.22. The summed E-state index contributed by atoms with van der Waals surface area (Å²) in [6.07, 6.45) is 0.507. The summed E-state index contributed by atoms with van der Waals surface area (Å²) < 4.78 is 16.1. The van der Waals surface area contributed by atoms with Crippen LogP contribution in [0.2, 0.25) is 5.02 Å². The van der Waals surface area contributed by atoms with Gasteiger partial charge in [0, 0.05) is 5.02 Å². The monoisotopic (exact) mass is 360 g/mol. The van der Waals surface area contributed by atoms with Gasteiger partial charge >= 0.3 is 5.97 Å². The quantitative estimate of drug-likeness (QED) is 0.592. The average molecular weight is 361 g/mol. The molecule has 6 heteroatoms. The smallest absolute Gasteiger partial charge is 0.338 e. The molecule has 0 fully saturated rings. The predicted octanol–water partition coefficient (Wildman–Crippen LogP) is 4.14. The number of hydrogen-bond donors (Lipinski definition) is 0. The molecule has 1 aromatic carbocycles. The number of esters is 1. The van der Waals surface area contributed by atoms with Crippen LogP contribution in [-0.4, -0.2) is 24.5 Å². The third-order valence-corrected chi connectivity index (χ3v) is 4.26. The van der Waals surface area contributed by atoms with Crippen LogP contribution in [0.3, 0.4) is 0 Å². The zero-order valence-corrected chi connectivity index (χ0v) is 14.6. The summed E-state index contributed by atoms with van der Waals surface area (Å²) in [5, 5.41) is 0.509. The van der Waals surface area contributed by atoms with Crippen molar-refractivity contribution >= 4 is 23.4 Å². The number of Topliss-reactive ketones (excluding diaryl/α,β-unsaturated/α-hetero) is 1. The summed E-state index contributed by atoms with van der Waals surface area (Å²) in [4.78, 5) is 25.3. The first-order chi connectivity index (χ1) is 12.0. The van der Waals surface area contributed by atoms with Crippen LogP contribution >= 0.6 is 11.6 Å². The first-order valence-corrected chi connectivity index (χ1v) is 8.28. The van der Waals surface area contributed by atoms with Gasteiger partial charge in [0.15, 0.2) is 11.9 Å². The molecular formula is C19H17ClO5. The van der Waals surface area contributed by atoms with Gasteiger partial charge in [-0.15, -0.1) is 0 Å². The summed E-state index contributed by atoms with van der Waals surface area (Å²) >= 11 is 6.10. The zero-order chi connectivity index (χ0) is 18.0. The molecule has 0 radical (unpaired) electrons. The Bertz CT molecular complexity index is 822. The summed E-state index contributed by atoms with van der Waals surface area (Å²) in [5.74, 6) is -0.910. The Morgan fingerprint density at radius 2 is 2.04 bits per heavy atom. The fourth-order valence-electron chi connectivity index (χ4n) is 2.98. The van der Waals surface area contributed by atoms with E-state index in [0.29, 0.717) is 21.9 Å². The molecule has 2 aromatic rings. The maximum Gasteiger partial charge on any atom is 0.338 e. The lowest BCUT2D eigenvalue weighted by Crippen LogP contribution is -2.29. The Morgan fingerprint density at radius 1 is 1.24 bits per heavy atom. The van der Waals surface area contributed by atoms with E-state index in [1.165, 1.54) is 6.26 Å². The molecule has 0 saturated carbocycles. The van der Waals surface area contributed by atoms with Gasteiger partial charge in [0.1, 0.15) is 5.76 Å². The molecule has 130 valence electrons. The van der Waals surface area contributed by atoms with Gasteiger partial charge in [0.05, 0.1) is 24.4 Å². The summed E-state index contributed by atoms with van der Waals surface area (Å²) in [6, 6.07) is 10.2. The van der Waals surface area contributed by atoms with Crippen LogP contribution in [0.1, 0.15) is 35.9 Å². The largest absolute Gasteiger partial charge is 0.485 e. The maximum atomic E-state index is 12.8. The molecule has 1 aliphatic rings. The maximum absolute atomic E-state index is 12.8. The first kappa shape index (κ1) is 17.3. The Labute approximate surface area is 150 Å². The third-order valence-electron chi connectivity index (χ3n) is 4.02. The molecule has 0 aliphatic carbocycles. The van der Waals surface area contributed by atoms with E-state index in [4.69, 9.17) is 25.5 Å². The lowest BCUT2D eigenvalue weighted by atomic mass is 9.85. The van der Waals surface area contributed by atoms with Crippen LogP contribution in [0.15, 0.2) is 58.4 Å².